The monoisotopic (exact) mass is 408 g/mol. The zero-order valence-corrected chi connectivity index (χ0v) is 15.7. The number of aromatic amines is 1. The summed E-state index contributed by atoms with van der Waals surface area (Å²) in [7, 11) is 0. The second kappa shape index (κ2) is 7.82. The average Bonchev–Trinajstić information content (AvgIpc) is 2.73. The average molecular weight is 408 g/mol. The van der Waals surface area contributed by atoms with Crippen LogP contribution < -0.4 is 21.8 Å². The number of nitrogens with one attached hydrogen (secondary N) is 1. The maximum Gasteiger partial charge on any atom is 0.387 e. The largest absolute Gasteiger partial charge is 0.434 e. The number of halogens is 2. The molecule has 6 nitrogen and oxygen atoms in total. The van der Waals surface area contributed by atoms with Crippen LogP contribution in [0.3, 0.4) is 0 Å². The summed E-state index contributed by atoms with van der Waals surface area (Å²) in [6.07, 6.45) is 0.379. The van der Waals surface area contributed by atoms with Gasteiger partial charge in [0.05, 0.1) is 22.5 Å². The van der Waals surface area contributed by atoms with Crippen LogP contribution in [-0.2, 0) is 6.42 Å². The Balaban J connectivity index is 1.79. The number of nitrogens with two attached hydrogens (primary N) is 2. The molecule has 0 amide bonds. The van der Waals surface area contributed by atoms with Crippen LogP contribution in [-0.4, -0.2) is 16.8 Å². The molecule has 5 N–H and O–H groups in total. The van der Waals surface area contributed by atoms with Gasteiger partial charge in [0.1, 0.15) is 5.75 Å². The standard InChI is InChI=1S/C22H18F2N4O2/c23-22(24)30-20-8-5-12(9-16(20)13-6-7-17(25)18(26)11-13)10-19-14-3-1-2-4-15(14)21(29)28-27-19/h1-9,11,22H,10,25-26H2,(H,28,29). The van der Waals surface area contributed by atoms with Crippen molar-refractivity contribution in [3.63, 3.8) is 0 Å². The SMILES string of the molecule is Nc1ccc(-c2cc(Cc3n[nH]c(=O)c4ccccc34)ccc2OC(F)F)cc1N. The number of ether oxygens (including phenoxy) is 1. The van der Waals surface area contributed by atoms with Crippen LogP contribution in [0.5, 0.6) is 5.75 Å². The van der Waals surface area contributed by atoms with Gasteiger partial charge in [0.25, 0.3) is 5.56 Å². The Hall–Kier alpha value is -3.94. The van der Waals surface area contributed by atoms with Crippen LogP contribution in [0.1, 0.15) is 11.3 Å². The normalized spacial score (nSPS) is 11.2. The van der Waals surface area contributed by atoms with E-state index in [1.54, 1.807) is 42.5 Å². The number of nitrogen functional groups attached to an aromatic ring is 2. The van der Waals surface area contributed by atoms with Crippen molar-refractivity contribution < 1.29 is 13.5 Å². The Morgan fingerprint density at radius 1 is 0.967 bits per heavy atom. The first kappa shape index (κ1) is 19.4. The number of anilines is 2. The van der Waals surface area contributed by atoms with Crippen molar-refractivity contribution in [3.05, 3.63) is 82.3 Å². The summed E-state index contributed by atoms with van der Waals surface area (Å²) in [6.45, 7) is -2.97. The first-order valence-electron chi connectivity index (χ1n) is 9.12. The highest BCUT2D eigenvalue weighted by Crippen LogP contribution is 2.35. The van der Waals surface area contributed by atoms with Gasteiger partial charge in [-0.25, -0.2) is 5.10 Å². The fourth-order valence-electron chi connectivity index (χ4n) is 3.35. The molecule has 4 rings (SSSR count). The lowest BCUT2D eigenvalue weighted by Crippen LogP contribution is -2.11. The molecule has 0 aliphatic rings. The molecule has 0 fully saturated rings. The van der Waals surface area contributed by atoms with Crippen LogP contribution in [0.4, 0.5) is 20.2 Å². The number of hydrogen-bond acceptors (Lipinski definition) is 5. The van der Waals surface area contributed by atoms with E-state index in [1.165, 1.54) is 6.07 Å². The van der Waals surface area contributed by atoms with Crippen LogP contribution >= 0.6 is 0 Å². The second-order valence-corrected chi connectivity index (χ2v) is 6.77. The van der Waals surface area contributed by atoms with Crippen LogP contribution in [0.25, 0.3) is 21.9 Å². The molecule has 8 heteroatoms. The molecule has 0 radical (unpaired) electrons. The first-order valence-corrected chi connectivity index (χ1v) is 9.12. The van der Waals surface area contributed by atoms with Crippen molar-refractivity contribution in [2.75, 3.05) is 11.5 Å². The number of aromatic nitrogens is 2. The Labute approximate surface area is 170 Å². The predicted molar refractivity (Wildman–Crippen MR) is 113 cm³/mol. The second-order valence-electron chi connectivity index (χ2n) is 6.77. The molecule has 4 aromatic rings. The van der Waals surface area contributed by atoms with Crippen molar-refractivity contribution >= 4 is 22.1 Å². The van der Waals surface area contributed by atoms with Crippen molar-refractivity contribution in [3.8, 4) is 16.9 Å². The van der Waals surface area contributed by atoms with E-state index < -0.39 is 6.61 Å². The van der Waals surface area contributed by atoms with Gasteiger partial charge in [-0.3, -0.25) is 4.79 Å². The molecule has 0 saturated carbocycles. The van der Waals surface area contributed by atoms with Gasteiger partial charge >= 0.3 is 6.61 Å². The van der Waals surface area contributed by atoms with E-state index in [0.717, 1.165) is 10.9 Å². The summed E-state index contributed by atoms with van der Waals surface area (Å²) in [6, 6.07) is 17.0. The zero-order valence-electron chi connectivity index (χ0n) is 15.7. The Morgan fingerprint density at radius 3 is 2.47 bits per heavy atom. The van der Waals surface area contributed by atoms with Gasteiger partial charge in [-0.15, -0.1) is 0 Å². The van der Waals surface area contributed by atoms with Gasteiger partial charge in [-0.05, 0) is 41.5 Å². The third-order valence-electron chi connectivity index (χ3n) is 4.80. The Bertz CT molecular complexity index is 1290. The van der Waals surface area contributed by atoms with Gasteiger partial charge in [0, 0.05) is 17.4 Å². The highest BCUT2D eigenvalue weighted by molar-refractivity contribution is 5.84. The number of H-pyrrole nitrogens is 1. The van der Waals surface area contributed by atoms with Crippen molar-refractivity contribution in [1.29, 1.82) is 0 Å². The van der Waals surface area contributed by atoms with Gasteiger partial charge in [-0.1, -0.05) is 30.3 Å². The first-order chi connectivity index (χ1) is 14.4. The molecule has 0 aliphatic carbocycles. The van der Waals surface area contributed by atoms with Crippen LogP contribution in [0.15, 0.2) is 65.5 Å². The van der Waals surface area contributed by atoms with E-state index in [4.69, 9.17) is 16.2 Å². The van der Waals surface area contributed by atoms with E-state index in [-0.39, 0.29) is 11.3 Å². The summed E-state index contributed by atoms with van der Waals surface area (Å²) in [4.78, 5) is 12.0. The van der Waals surface area contributed by atoms with Gasteiger partial charge in [-0.2, -0.15) is 13.9 Å². The van der Waals surface area contributed by atoms with Gasteiger partial charge in [0.2, 0.25) is 0 Å². The van der Waals surface area contributed by atoms with E-state index in [2.05, 4.69) is 10.2 Å². The molecular formula is C22H18F2N4O2. The maximum atomic E-state index is 12.9. The summed E-state index contributed by atoms with van der Waals surface area (Å²) in [5.74, 6) is 0.0252. The lowest BCUT2D eigenvalue weighted by Gasteiger charge is -2.14. The fraction of sp³-hybridized carbons (Fsp3) is 0.0909. The molecule has 0 aliphatic heterocycles. The topological polar surface area (TPSA) is 107 Å². The quantitative estimate of drug-likeness (QED) is 0.434. The molecular weight excluding hydrogens is 390 g/mol. The molecule has 1 aromatic heterocycles. The van der Waals surface area contributed by atoms with Crippen molar-refractivity contribution in [2.45, 2.75) is 13.0 Å². The number of rotatable bonds is 5. The Morgan fingerprint density at radius 2 is 1.73 bits per heavy atom. The van der Waals surface area contributed by atoms with E-state index in [9.17, 15) is 13.6 Å². The summed E-state index contributed by atoms with van der Waals surface area (Å²) < 4.78 is 30.5. The predicted octanol–water partition coefficient (Wildman–Crippen LogP) is 3.95. The van der Waals surface area contributed by atoms with Crippen LogP contribution in [0, 0.1) is 0 Å². The van der Waals surface area contributed by atoms with Crippen LogP contribution in [0.2, 0.25) is 0 Å². The summed E-state index contributed by atoms with van der Waals surface area (Å²) in [5, 5.41) is 7.94. The fourth-order valence-corrected chi connectivity index (χ4v) is 3.35. The molecule has 0 atom stereocenters. The number of benzene rings is 3. The molecule has 0 bridgehead atoms. The lowest BCUT2D eigenvalue weighted by atomic mass is 9.98. The molecule has 30 heavy (non-hydrogen) atoms. The molecule has 0 spiro atoms. The Kier molecular flexibility index (Phi) is 5.05. The highest BCUT2D eigenvalue weighted by Gasteiger charge is 2.15. The number of alkyl halides is 2. The van der Waals surface area contributed by atoms with E-state index >= 15 is 0 Å². The highest BCUT2D eigenvalue weighted by atomic mass is 19.3. The maximum absolute atomic E-state index is 12.9. The molecule has 0 saturated heterocycles. The molecule has 0 unspecified atom stereocenters. The summed E-state index contributed by atoms with van der Waals surface area (Å²) in [5.41, 5.74) is 14.6. The minimum Gasteiger partial charge on any atom is -0.434 e. The minimum absolute atomic E-state index is 0.0252. The third-order valence-corrected chi connectivity index (χ3v) is 4.80. The zero-order chi connectivity index (χ0) is 21.3. The number of nitrogens with zero attached hydrogens (tertiary/aromatic N) is 1. The smallest absolute Gasteiger partial charge is 0.387 e. The molecule has 3 aromatic carbocycles. The van der Waals surface area contributed by atoms with Gasteiger partial charge < -0.3 is 16.2 Å². The molecule has 1 heterocycles. The molecule has 152 valence electrons. The summed E-state index contributed by atoms with van der Waals surface area (Å²) >= 11 is 0. The third kappa shape index (κ3) is 3.80. The number of fused-ring (bicyclic) bond motifs is 1. The van der Waals surface area contributed by atoms with E-state index in [0.29, 0.717) is 40.0 Å². The lowest BCUT2D eigenvalue weighted by molar-refractivity contribution is -0.0494. The minimum atomic E-state index is -2.97. The van der Waals surface area contributed by atoms with E-state index in [1.807, 2.05) is 12.1 Å². The van der Waals surface area contributed by atoms with Gasteiger partial charge in [0.15, 0.2) is 0 Å². The van der Waals surface area contributed by atoms with Crippen molar-refractivity contribution in [2.24, 2.45) is 0 Å². The number of hydrogen-bond donors (Lipinski definition) is 3. The van der Waals surface area contributed by atoms with Crippen molar-refractivity contribution in [1.82, 2.24) is 10.2 Å².